The van der Waals surface area contributed by atoms with Crippen molar-refractivity contribution in [2.45, 2.75) is 38.3 Å². The SMILES string of the molecule is CC(C)(C)c1ccc(CC(F)(C(N)=O)c2ccc(Cl)cc2)cc1. The van der Waals surface area contributed by atoms with E-state index >= 15 is 4.39 Å². The van der Waals surface area contributed by atoms with Crippen LogP contribution in [0.2, 0.25) is 5.02 Å². The molecule has 2 aromatic rings. The lowest BCUT2D eigenvalue weighted by Gasteiger charge is -2.24. The van der Waals surface area contributed by atoms with Gasteiger partial charge in [-0.25, -0.2) is 4.39 Å². The number of carbonyl (C=O) groups is 1. The van der Waals surface area contributed by atoms with Gasteiger partial charge in [-0.05, 0) is 34.2 Å². The minimum Gasteiger partial charge on any atom is -0.367 e. The fourth-order valence-corrected chi connectivity index (χ4v) is 2.58. The summed E-state index contributed by atoms with van der Waals surface area (Å²) in [4.78, 5) is 11.8. The van der Waals surface area contributed by atoms with Gasteiger partial charge in [-0.1, -0.05) is 68.8 Å². The molecule has 0 radical (unpaired) electrons. The topological polar surface area (TPSA) is 43.1 Å². The highest BCUT2D eigenvalue weighted by molar-refractivity contribution is 6.30. The lowest BCUT2D eigenvalue weighted by atomic mass is 9.84. The summed E-state index contributed by atoms with van der Waals surface area (Å²) in [5.74, 6) is -1.00. The number of carbonyl (C=O) groups excluding carboxylic acids is 1. The van der Waals surface area contributed by atoms with Crippen molar-refractivity contribution in [1.82, 2.24) is 0 Å². The average Bonchev–Trinajstić information content (AvgIpc) is 2.47. The summed E-state index contributed by atoms with van der Waals surface area (Å²) in [6.07, 6.45) is -0.103. The van der Waals surface area contributed by atoms with Crippen LogP contribution in [0.4, 0.5) is 4.39 Å². The fraction of sp³-hybridized carbons (Fsp3) is 0.316. The van der Waals surface area contributed by atoms with Gasteiger partial charge in [-0.15, -0.1) is 0 Å². The van der Waals surface area contributed by atoms with Crippen LogP contribution in [0.5, 0.6) is 0 Å². The molecular formula is C19H21ClFNO. The molecule has 0 spiro atoms. The van der Waals surface area contributed by atoms with Gasteiger partial charge in [0.1, 0.15) is 0 Å². The Morgan fingerprint density at radius 3 is 1.91 bits per heavy atom. The second-order valence-electron chi connectivity index (χ2n) is 6.80. The summed E-state index contributed by atoms with van der Waals surface area (Å²) in [5, 5.41) is 0.482. The summed E-state index contributed by atoms with van der Waals surface area (Å²) in [7, 11) is 0. The van der Waals surface area contributed by atoms with Gasteiger partial charge >= 0.3 is 0 Å². The number of rotatable bonds is 4. The zero-order valence-corrected chi connectivity index (χ0v) is 14.3. The van der Waals surface area contributed by atoms with Crippen LogP contribution in [-0.2, 0) is 22.3 Å². The third kappa shape index (κ3) is 3.91. The van der Waals surface area contributed by atoms with E-state index in [1.165, 1.54) is 12.1 Å². The van der Waals surface area contributed by atoms with Gasteiger partial charge in [-0.2, -0.15) is 0 Å². The maximum absolute atomic E-state index is 15.3. The standard InChI is InChI=1S/C19H21ClFNO/c1-18(2,3)14-6-4-13(5-7-14)12-19(21,17(22)23)15-8-10-16(20)11-9-15/h4-11H,12H2,1-3H3,(H2,22,23). The molecule has 2 aromatic carbocycles. The van der Waals surface area contributed by atoms with Crippen molar-refractivity contribution in [3.05, 3.63) is 70.2 Å². The summed E-state index contributed by atoms with van der Waals surface area (Å²) in [6.45, 7) is 6.33. The fourth-order valence-electron chi connectivity index (χ4n) is 2.45. The minimum atomic E-state index is -2.26. The van der Waals surface area contributed by atoms with Gasteiger partial charge in [0, 0.05) is 11.4 Å². The minimum absolute atomic E-state index is 0.0190. The third-order valence-corrected chi connectivity index (χ3v) is 4.21. The van der Waals surface area contributed by atoms with E-state index in [4.69, 9.17) is 17.3 Å². The first kappa shape index (κ1) is 17.5. The average molecular weight is 334 g/mol. The van der Waals surface area contributed by atoms with Gasteiger partial charge in [0.15, 0.2) is 0 Å². The monoisotopic (exact) mass is 333 g/mol. The Bertz CT molecular complexity index is 689. The molecule has 0 saturated heterocycles. The van der Waals surface area contributed by atoms with Crippen LogP contribution in [0, 0.1) is 0 Å². The van der Waals surface area contributed by atoms with Crippen LogP contribution in [-0.4, -0.2) is 5.91 Å². The Labute approximate surface area is 141 Å². The summed E-state index contributed by atoms with van der Waals surface area (Å²) in [6, 6.07) is 13.7. The van der Waals surface area contributed by atoms with E-state index < -0.39 is 11.6 Å². The normalized spacial score (nSPS) is 14.3. The highest BCUT2D eigenvalue weighted by atomic mass is 35.5. The van der Waals surface area contributed by atoms with Crippen molar-refractivity contribution in [2.24, 2.45) is 5.73 Å². The predicted octanol–water partition coefficient (Wildman–Crippen LogP) is 4.53. The highest BCUT2D eigenvalue weighted by Crippen LogP contribution is 2.32. The Hall–Kier alpha value is -1.87. The molecule has 2 N–H and O–H groups in total. The Kier molecular flexibility index (Phi) is 4.81. The largest absolute Gasteiger partial charge is 0.367 e. The first-order valence-electron chi connectivity index (χ1n) is 7.47. The maximum atomic E-state index is 15.3. The Morgan fingerprint density at radius 1 is 1.00 bits per heavy atom. The van der Waals surface area contributed by atoms with Crippen LogP contribution in [0.3, 0.4) is 0 Å². The van der Waals surface area contributed by atoms with Gasteiger partial charge in [0.2, 0.25) is 5.67 Å². The Balaban J connectivity index is 2.33. The van der Waals surface area contributed by atoms with Gasteiger partial charge in [0.05, 0.1) is 0 Å². The second kappa shape index (κ2) is 6.32. The molecule has 4 heteroatoms. The lowest BCUT2D eigenvalue weighted by Crippen LogP contribution is -2.39. The van der Waals surface area contributed by atoms with Crippen molar-refractivity contribution < 1.29 is 9.18 Å². The molecule has 0 aliphatic rings. The van der Waals surface area contributed by atoms with Crippen LogP contribution < -0.4 is 5.73 Å². The van der Waals surface area contributed by atoms with Crippen molar-refractivity contribution >= 4 is 17.5 Å². The van der Waals surface area contributed by atoms with E-state index in [1.54, 1.807) is 12.1 Å². The molecule has 0 aliphatic heterocycles. The van der Waals surface area contributed by atoms with Crippen molar-refractivity contribution in [3.8, 4) is 0 Å². The number of benzene rings is 2. The van der Waals surface area contributed by atoms with E-state index in [-0.39, 0.29) is 17.4 Å². The number of halogens is 2. The Morgan fingerprint density at radius 2 is 1.48 bits per heavy atom. The molecule has 1 atom stereocenters. The van der Waals surface area contributed by atoms with E-state index in [9.17, 15) is 4.79 Å². The van der Waals surface area contributed by atoms with E-state index in [0.717, 1.165) is 5.56 Å². The molecule has 0 aromatic heterocycles. The van der Waals surface area contributed by atoms with Gasteiger partial charge < -0.3 is 5.73 Å². The van der Waals surface area contributed by atoms with Gasteiger partial charge in [0.25, 0.3) is 5.91 Å². The summed E-state index contributed by atoms with van der Waals surface area (Å²) < 4.78 is 15.3. The molecule has 1 unspecified atom stereocenters. The smallest absolute Gasteiger partial charge is 0.260 e. The van der Waals surface area contributed by atoms with Gasteiger partial charge in [-0.3, -0.25) is 4.79 Å². The van der Waals surface area contributed by atoms with E-state index in [1.807, 2.05) is 24.3 Å². The van der Waals surface area contributed by atoms with Crippen LogP contribution in [0.1, 0.15) is 37.5 Å². The molecule has 0 aliphatic carbocycles. The lowest BCUT2D eigenvalue weighted by molar-refractivity contribution is -0.130. The van der Waals surface area contributed by atoms with Crippen LogP contribution in [0.25, 0.3) is 0 Å². The van der Waals surface area contributed by atoms with Crippen LogP contribution >= 0.6 is 11.6 Å². The van der Waals surface area contributed by atoms with Crippen molar-refractivity contribution in [2.75, 3.05) is 0 Å². The maximum Gasteiger partial charge on any atom is 0.260 e. The second-order valence-corrected chi connectivity index (χ2v) is 7.23. The number of nitrogens with two attached hydrogens (primary N) is 1. The number of primary amides is 1. The molecule has 1 amide bonds. The van der Waals surface area contributed by atoms with E-state index in [2.05, 4.69) is 20.8 Å². The number of hydrogen-bond donors (Lipinski definition) is 1. The molecule has 2 nitrogen and oxygen atoms in total. The molecule has 0 fully saturated rings. The highest BCUT2D eigenvalue weighted by Gasteiger charge is 2.39. The number of amides is 1. The molecule has 0 heterocycles. The zero-order chi connectivity index (χ0) is 17.3. The van der Waals surface area contributed by atoms with E-state index in [0.29, 0.717) is 10.6 Å². The van der Waals surface area contributed by atoms with Crippen molar-refractivity contribution in [1.29, 1.82) is 0 Å². The molecule has 0 bridgehead atoms. The molecule has 2 rings (SSSR count). The quantitative estimate of drug-likeness (QED) is 0.877. The first-order valence-corrected chi connectivity index (χ1v) is 7.85. The number of alkyl halides is 1. The third-order valence-electron chi connectivity index (χ3n) is 3.96. The molecule has 122 valence electrons. The molecular weight excluding hydrogens is 313 g/mol. The summed E-state index contributed by atoms with van der Waals surface area (Å²) in [5.41, 5.74) is 5.19. The molecule has 23 heavy (non-hydrogen) atoms. The van der Waals surface area contributed by atoms with Crippen molar-refractivity contribution in [3.63, 3.8) is 0 Å². The summed E-state index contributed by atoms with van der Waals surface area (Å²) >= 11 is 5.82. The number of hydrogen-bond acceptors (Lipinski definition) is 1. The molecule has 0 saturated carbocycles. The zero-order valence-electron chi connectivity index (χ0n) is 13.6. The first-order chi connectivity index (χ1) is 10.6. The predicted molar refractivity (Wildman–Crippen MR) is 92.3 cm³/mol. The van der Waals surface area contributed by atoms with Crippen LogP contribution in [0.15, 0.2) is 48.5 Å².